The number of nitrogens with two attached hydrogens (primary N) is 2. The quantitative estimate of drug-likeness (QED) is 0.0692. The molecule has 2 aromatic carbocycles. The molecular weight excluding hydrogens is 734 g/mol. The van der Waals surface area contributed by atoms with Crippen molar-refractivity contribution in [2.24, 2.45) is 18.6 Å². The molecule has 1 saturated carbocycles. The summed E-state index contributed by atoms with van der Waals surface area (Å²) in [5, 5.41) is 9.13. The first-order chi connectivity index (χ1) is 24.5. The largest absolute Gasteiger partial charge is 0.403 e. The average molecular weight is 775 g/mol. The number of nitrogens with zero attached hydrogens (tertiary/aromatic N) is 4. The molecule has 2 aromatic heterocycles. The first-order valence-electron chi connectivity index (χ1n) is 16.1. The lowest BCUT2D eigenvalue weighted by Crippen LogP contribution is -2.33. The molecule has 12 nitrogen and oxygen atoms in total. The van der Waals surface area contributed by atoms with E-state index < -0.39 is 48.5 Å². The van der Waals surface area contributed by atoms with Gasteiger partial charge in [-0.2, -0.15) is 5.10 Å². The van der Waals surface area contributed by atoms with E-state index in [2.05, 4.69) is 27.0 Å². The third-order valence-electron chi connectivity index (χ3n) is 8.16. The van der Waals surface area contributed by atoms with Crippen LogP contribution in [0.15, 0.2) is 54.9 Å². The van der Waals surface area contributed by atoms with Crippen molar-refractivity contribution < 1.29 is 26.2 Å². The molecule has 0 saturated heterocycles. The van der Waals surface area contributed by atoms with E-state index in [4.69, 9.17) is 28.2 Å². The highest BCUT2D eigenvalue weighted by molar-refractivity contribution is 7.93. The van der Waals surface area contributed by atoms with Crippen LogP contribution in [0.5, 0.6) is 0 Å². The van der Waals surface area contributed by atoms with Gasteiger partial charge in [0.05, 0.1) is 32.9 Å². The van der Waals surface area contributed by atoms with E-state index >= 15 is 0 Å². The van der Waals surface area contributed by atoms with E-state index in [0.717, 1.165) is 12.6 Å². The molecule has 1 amide bonds. The Morgan fingerprint density at radius 3 is 2.38 bits per heavy atom. The number of nitrogens with one attached hydrogen (secondary N) is 2. The number of carbonyl (C=O) groups is 1. The molecule has 52 heavy (non-hydrogen) atoms. The summed E-state index contributed by atoms with van der Waals surface area (Å²) < 4.78 is 69.2. The van der Waals surface area contributed by atoms with Gasteiger partial charge in [-0.15, -0.1) is 0 Å². The number of hydrogen-bond acceptors (Lipinski definition) is 9. The van der Waals surface area contributed by atoms with Crippen LogP contribution in [-0.2, 0) is 39.1 Å². The minimum absolute atomic E-state index is 0.0321. The summed E-state index contributed by atoms with van der Waals surface area (Å²) in [6.07, 6.45) is 6.13. The summed E-state index contributed by atoms with van der Waals surface area (Å²) in [6.45, 7) is 5.84. The third kappa shape index (κ3) is 9.45. The van der Waals surface area contributed by atoms with Gasteiger partial charge in [0.25, 0.3) is 0 Å². The molecule has 5 rings (SSSR count). The summed E-state index contributed by atoms with van der Waals surface area (Å²) in [6, 6.07) is 8.95. The summed E-state index contributed by atoms with van der Waals surface area (Å²) in [5.74, 6) is 9.77. The number of carbonyl (C=O) groups excluding carboxylic acids is 1. The number of amides is 1. The van der Waals surface area contributed by atoms with E-state index in [1.165, 1.54) is 29.6 Å². The van der Waals surface area contributed by atoms with Crippen LogP contribution in [0.1, 0.15) is 56.6 Å². The van der Waals surface area contributed by atoms with Gasteiger partial charge >= 0.3 is 0 Å². The van der Waals surface area contributed by atoms with Crippen LogP contribution < -0.4 is 21.6 Å². The minimum atomic E-state index is -3.49. The van der Waals surface area contributed by atoms with Crippen molar-refractivity contribution in [3.63, 3.8) is 0 Å². The molecule has 0 spiro atoms. The molecule has 2 atom stereocenters. The van der Waals surface area contributed by atoms with Crippen LogP contribution in [0.25, 0.3) is 22.0 Å². The number of hydrogen-bond donors (Lipinski definition) is 4. The van der Waals surface area contributed by atoms with Gasteiger partial charge in [-0.3, -0.25) is 14.2 Å². The molecular formula is C35H41ClF2N8O4S2. The number of rotatable bonds is 12. The minimum Gasteiger partial charge on any atom is -0.403 e. The first kappa shape index (κ1) is 40.2. The number of pyridine rings is 1. The summed E-state index contributed by atoms with van der Waals surface area (Å²) in [5.41, 5.74) is 7.50. The zero-order chi connectivity index (χ0) is 38.4. The molecule has 278 valence electrons. The van der Waals surface area contributed by atoms with Crippen LogP contribution in [0.2, 0.25) is 5.02 Å². The van der Waals surface area contributed by atoms with Gasteiger partial charge < -0.3 is 16.1 Å². The second-order valence-electron chi connectivity index (χ2n) is 12.5. The Morgan fingerprint density at radius 2 is 1.83 bits per heavy atom. The Kier molecular flexibility index (Phi) is 13.0. The van der Waals surface area contributed by atoms with Gasteiger partial charge in [-0.05, 0) is 81.8 Å². The molecule has 6 N–H and O–H groups in total. The van der Waals surface area contributed by atoms with Crippen LogP contribution in [0.4, 0.5) is 14.6 Å². The van der Waals surface area contributed by atoms with E-state index in [1.807, 2.05) is 6.92 Å². The summed E-state index contributed by atoms with van der Waals surface area (Å²) in [7, 11) is -3.24. The second kappa shape index (κ2) is 16.8. The third-order valence-corrected chi connectivity index (χ3v) is 11.8. The van der Waals surface area contributed by atoms with Gasteiger partial charge in [0.2, 0.25) is 6.41 Å². The standard InChI is InChI=1S/C31H30ClF2N5O4S2.C4H11N3/c1-31(2,45(42,43)22-6-7-22)12-11-21-5-8-23(24-9-10-25(32)27-29(24)39(3)37-30(27)38-44(4)41)28(36-21)26(35-17-40)15-18-13-19(33)16-20(34)14-18;1-2-7(6)4-3-5/h5,8-10,13-14,16-17,22,26H,6-7,15H2,1-4H3,(H,35,40)(H,37,38);3-4H,2,5-6H2,1H3/b;4-3-. The fourth-order valence-electron chi connectivity index (χ4n) is 5.42. The zero-order valence-electron chi connectivity index (χ0n) is 29.3. The van der Waals surface area contributed by atoms with Crippen molar-refractivity contribution in [2.75, 3.05) is 17.5 Å². The van der Waals surface area contributed by atoms with Crippen molar-refractivity contribution in [1.82, 2.24) is 25.1 Å². The SMILES string of the molecule is CCN(N)/C=C\N.Cn1nc(NS(C)=O)c2c(Cl)ccc(-c3ccc(C#CC(C)(C)S(=O)(=O)C4CC4)nc3C(Cc3cc(F)cc(F)c3)NC=O)c21. The number of halogens is 3. The number of hydrazine groups is 1. The molecule has 2 heterocycles. The van der Waals surface area contributed by atoms with Crippen molar-refractivity contribution >= 4 is 55.6 Å². The molecule has 17 heteroatoms. The van der Waals surface area contributed by atoms with E-state index in [1.54, 1.807) is 56.0 Å². The van der Waals surface area contributed by atoms with Crippen molar-refractivity contribution in [2.45, 2.75) is 56.1 Å². The fourth-order valence-corrected chi connectivity index (χ4v) is 7.86. The predicted molar refractivity (Wildman–Crippen MR) is 201 cm³/mol. The highest BCUT2D eigenvalue weighted by Crippen LogP contribution is 2.40. The maximum atomic E-state index is 14.1. The maximum Gasteiger partial charge on any atom is 0.207 e. The van der Waals surface area contributed by atoms with Crippen LogP contribution >= 0.6 is 11.6 Å². The monoisotopic (exact) mass is 774 g/mol. The van der Waals surface area contributed by atoms with Crippen LogP contribution in [-0.4, -0.2) is 61.6 Å². The van der Waals surface area contributed by atoms with Gasteiger partial charge in [0.1, 0.15) is 33.1 Å². The van der Waals surface area contributed by atoms with Gasteiger partial charge in [0.15, 0.2) is 15.7 Å². The molecule has 1 fully saturated rings. The summed E-state index contributed by atoms with van der Waals surface area (Å²) >= 11 is 6.58. The van der Waals surface area contributed by atoms with Crippen molar-refractivity contribution in [3.05, 3.63) is 88.5 Å². The Labute approximate surface area is 309 Å². The van der Waals surface area contributed by atoms with E-state index in [9.17, 15) is 26.2 Å². The molecule has 4 aromatic rings. The van der Waals surface area contributed by atoms with E-state index in [-0.39, 0.29) is 17.7 Å². The second-order valence-corrected chi connectivity index (χ2v) is 16.8. The number of anilines is 1. The average Bonchev–Trinajstić information content (AvgIpc) is 3.88. The lowest BCUT2D eigenvalue weighted by atomic mass is 9.94. The fraction of sp³-hybridized carbons (Fsp3) is 0.343. The van der Waals surface area contributed by atoms with Gasteiger partial charge in [-0.25, -0.2) is 32.2 Å². The molecule has 0 aliphatic heterocycles. The Bertz CT molecular complexity index is 2160. The molecule has 1 aliphatic rings. The van der Waals surface area contributed by atoms with Crippen LogP contribution in [0, 0.1) is 23.5 Å². The lowest BCUT2D eigenvalue weighted by molar-refractivity contribution is -0.110. The Morgan fingerprint density at radius 1 is 1.17 bits per heavy atom. The Balaban J connectivity index is 0.000000785. The number of aromatic nitrogens is 3. The number of benzene rings is 2. The van der Waals surface area contributed by atoms with Gasteiger partial charge in [0, 0.05) is 49.4 Å². The van der Waals surface area contributed by atoms with Crippen LogP contribution in [0.3, 0.4) is 0 Å². The number of fused-ring (bicyclic) bond motifs is 1. The highest BCUT2D eigenvalue weighted by Gasteiger charge is 2.45. The molecule has 0 radical (unpaired) electrons. The Hall–Kier alpha value is -4.56. The molecule has 0 bridgehead atoms. The predicted octanol–water partition coefficient (Wildman–Crippen LogP) is 4.62. The highest BCUT2D eigenvalue weighted by atomic mass is 35.5. The van der Waals surface area contributed by atoms with E-state index in [0.29, 0.717) is 57.8 Å². The molecule has 2 unspecified atom stereocenters. The van der Waals surface area contributed by atoms with Crippen molar-refractivity contribution in [3.8, 4) is 23.0 Å². The normalized spacial score (nSPS) is 14.2. The number of sulfone groups is 1. The maximum absolute atomic E-state index is 14.1. The van der Waals surface area contributed by atoms with Crippen molar-refractivity contribution in [1.29, 1.82) is 0 Å². The molecule has 1 aliphatic carbocycles. The first-order valence-corrected chi connectivity index (χ1v) is 19.6. The number of aryl methyl sites for hydroxylation is 1. The zero-order valence-corrected chi connectivity index (χ0v) is 31.7. The topological polar surface area (TPSA) is 178 Å². The van der Waals surface area contributed by atoms with Gasteiger partial charge in [-0.1, -0.05) is 23.6 Å². The summed E-state index contributed by atoms with van der Waals surface area (Å²) in [4.78, 5) is 16.6. The lowest BCUT2D eigenvalue weighted by Gasteiger charge is -2.21. The smallest absolute Gasteiger partial charge is 0.207 e.